The zero-order chi connectivity index (χ0) is 14.8. The first-order valence-electron chi connectivity index (χ1n) is 6.93. The minimum atomic E-state index is 0.166. The molecule has 1 N–H and O–H groups in total. The summed E-state index contributed by atoms with van der Waals surface area (Å²) in [5.41, 5.74) is 1.51. The summed E-state index contributed by atoms with van der Waals surface area (Å²) >= 11 is 5.43. The summed E-state index contributed by atoms with van der Waals surface area (Å²) in [6.07, 6.45) is 0. The van der Waals surface area contributed by atoms with Gasteiger partial charge in [0.15, 0.2) is 0 Å². The number of rotatable bonds is 4. The molecule has 0 amide bonds. The zero-order valence-electron chi connectivity index (χ0n) is 12.5. The average molecular weight is 352 g/mol. The Balaban J connectivity index is 2.24. The predicted octanol–water partition coefficient (Wildman–Crippen LogP) is 5.95. The van der Waals surface area contributed by atoms with Gasteiger partial charge in [0.1, 0.15) is 0 Å². The number of benzene rings is 1. The topological polar surface area (TPSA) is 12.0 Å². The molecule has 1 aromatic heterocycles. The summed E-state index contributed by atoms with van der Waals surface area (Å²) in [6.45, 7) is 9.09. The van der Waals surface area contributed by atoms with Crippen LogP contribution in [-0.2, 0) is 0 Å². The van der Waals surface area contributed by atoms with Gasteiger partial charge in [-0.15, -0.1) is 11.3 Å². The first kappa shape index (κ1) is 15.7. The summed E-state index contributed by atoms with van der Waals surface area (Å²) in [5.74, 6) is 0. The van der Waals surface area contributed by atoms with Gasteiger partial charge >= 0.3 is 0 Å². The van der Waals surface area contributed by atoms with E-state index in [1.807, 2.05) is 0 Å². The molecule has 0 aliphatic heterocycles. The van der Waals surface area contributed by atoms with Crippen molar-refractivity contribution in [2.75, 3.05) is 0 Å². The van der Waals surface area contributed by atoms with Gasteiger partial charge in [-0.2, -0.15) is 0 Å². The molecule has 3 heteroatoms. The van der Waals surface area contributed by atoms with Crippen LogP contribution in [0, 0.1) is 5.41 Å². The maximum atomic E-state index is 3.80. The first-order chi connectivity index (χ1) is 9.39. The van der Waals surface area contributed by atoms with E-state index in [2.05, 4.69) is 90.7 Å². The highest BCUT2D eigenvalue weighted by molar-refractivity contribution is 9.10. The number of hydrogen-bond donors (Lipinski definition) is 1. The zero-order valence-corrected chi connectivity index (χ0v) is 14.9. The molecule has 1 nitrogen and oxygen atoms in total. The monoisotopic (exact) mass is 351 g/mol. The average Bonchev–Trinajstić information content (AvgIpc) is 2.82. The van der Waals surface area contributed by atoms with Crippen molar-refractivity contribution in [3.05, 3.63) is 56.7 Å². The molecule has 2 atom stereocenters. The van der Waals surface area contributed by atoms with Crippen molar-refractivity contribution in [1.82, 2.24) is 5.32 Å². The van der Waals surface area contributed by atoms with Gasteiger partial charge in [0, 0.05) is 21.4 Å². The Labute approximate surface area is 134 Å². The van der Waals surface area contributed by atoms with E-state index in [9.17, 15) is 0 Å². The fourth-order valence-corrected chi connectivity index (χ4v) is 4.17. The summed E-state index contributed by atoms with van der Waals surface area (Å²) in [5, 5.41) is 5.93. The summed E-state index contributed by atoms with van der Waals surface area (Å²) in [7, 11) is 0. The lowest BCUT2D eigenvalue weighted by Gasteiger charge is -2.34. The van der Waals surface area contributed by atoms with Crippen molar-refractivity contribution in [2.24, 2.45) is 5.41 Å². The number of halogens is 1. The molecule has 0 radical (unpaired) electrons. The van der Waals surface area contributed by atoms with Gasteiger partial charge in [-0.3, -0.25) is 0 Å². The van der Waals surface area contributed by atoms with Crippen molar-refractivity contribution in [2.45, 2.75) is 39.8 Å². The lowest BCUT2D eigenvalue weighted by Crippen LogP contribution is -2.34. The van der Waals surface area contributed by atoms with E-state index >= 15 is 0 Å². The van der Waals surface area contributed by atoms with Crippen LogP contribution in [0.15, 0.2) is 46.3 Å². The summed E-state index contributed by atoms with van der Waals surface area (Å²) in [6, 6.07) is 13.5. The van der Waals surface area contributed by atoms with Crippen LogP contribution in [0.5, 0.6) is 0 Å². The van der Waals surface area contributed by atoms with E-state index in [1.165, 1.54) is 14.9 Å². The fraction of sp³-hybridized carbons (Fsp3) is 0.412. The molecule has 20 heavy (non-hydrogen) atoms. The molecule has 0 aliphatic carbocycles. The van der Waals surface area contributed by atoms with Gasteiger partial charge in [0.25, 0.3) is 0 Å². The lowest BCUT2D eigenvalue weighted by molar-refractivity contribution is 0.255. The molecule has 0 spiro atoms. The van der Waals surface area contributed by atoms with Crippen molar-refractivity contribution in [1.29, 1.82) is 0 Å². The van der Waals surface area contributed by atoms with Crippen molar-refractivity contribution in [3.8, 4) is 0 Å². The molecule has 2 unspecified atom stereocenters. The predicted molar refractivity (Wildman–Crippen MR) is 92.2 cm³/mol. The summed E-state index contributed by atoms with van der Waals surface area (Å²) in [4.78, 5) is 1.36. The maximum Gasteiger partial charge on any atom is 0.0402 e. The minimum Gasteiger partial charge on any atom is -0.302 e. The van der Waals surface area contributed by atoms with Crippen LogP contribution in [0.4, 0.5) is 0 Å². The largest absolute Gasteiger partial charge is 0.302 e. The molecule has 2 aromatic rings. The van der Waals surface area contributed by atoms with E-state index in [-0.39, 0.29) is 5.41 Å². The van der Waals surface area contributed by atoms with E-state index in [1.54, 1.807) is 11.3 Å². The van der Waals surface area contributed by atoms with Gasteiger partial charge in [0.05, 0.1) is 0 Å². The van der Waals surface area contributed by atoms with Crippen molar-refractivity contribution >= 4 is 27.3 Å². The third-order valence-corrected chi connectivity index (χ3v) is 5.51. The Morgan fingerprint density at radius 2 is 1.75 bits per heavy atom. The fourth-order valence-electron chi connectivity index (χ4n) is 2.43. The Hall–Kier alpha value is -0.640. The second-order valence-corrected chi connectivity index (χ2v) is 8.03. The number of nitrogens with one attached hydrogen (secondary N) is 1. The second kappa shape index (κ2) is 6.42. The third kappa shape index (κ3) is 3.72. The molecule has 0 bridgehead atoms. The second-order valence-electron chi connectivity index (χ2n) is 6.23. The molecule has 0 aliphatic rings. The Bertz CT molecular complexity index is 542. The maximum absolute atomic E-state index is 3.80. The Morgan fingerprint density at radius 1 is 1.10 bits per heavy atom. The highest BCUT2D eigenvalue weighted by atomic mass is 79.9. The molecule has 0 saturated heterocycles. The molecule has 0 fully saturated rings. The van der Waals surface area contributed by atoms with Crippen LogP contribution in [0.1, 0.15) is 50.2 Å². The Morgan fingerprint density at radius 3 is 2.25 bits per heavy atom. The standard InChI is InChI=1S/C17H22BrNS/c1-12(15-14(18)10-11-20-15)19-16(17(2,3)4)13-8-6-5-7-9-13/h5-12,16,19H,1-4H3. The van der Waals surface area contributed by atoms with Crippen molar-refractivity contribution in [3.63, 3.8) is 0 Å². The molecule has 1 aromatic carbocycles. The summed E-state index contributed by atoms with van der Waals surface area (Å²) < 4.78 is 1.20. The molecule has 0 saturated carbocycles. The number of thiophene rings is 1. The molecule has 2 rings (SSSR count). The van der Waals surface area contributed by atoms with Crippen LogP contribution in [0.25, 0.3) is 0 Å². The van der Waals surface area contributed by atoms with E-state index in [0.717, 1.165) is 0 Å². The van der Waals surface area contributed by atoms with Crippen LogP contribution >= 0.6 is 27.3 Å². The van der Waals surface area contributed by atoms with Gasteiger partial charge in [0.2, 0.25) is 0 Å². The van der Waals surface area contributed by atoms with E-state index in [4.69, 9.17) is 0 Å². The van der Waals surface area contributed by atoms with Crippen LogP contribution in [0.2, 0.25) is 0 Å². The molecular weight excluding hydrogens is 330 g/mol. The van der Waals surface area contributed by atoms with E-state index in [0.29, 0.717) is 12.1 Å². The quantitative estimate of drug-likeness (QED) is 0.717. The normalized spacial score (nSPS) is 15.1. The van der Waals surface area contributed by atoms with Gasteiger partial charge in [-0.25, -0.2) is 0 Å². The molecule has 108 valence electrons. The van der Waals surface area contributed by atoms with Gasteiger partial charge in [-0.05, 0) is 45.3 Å². The first-order valence-corrected chi connectivity index (χ1v) is 8.60. The Kier molecular flexibility index (Phi) is 5.05. The van der Waals surface area contributed by atoms with Crippen molar-refractivity contribution < 1.29 is 0 Å². The minimum absolute atomic E-state index is 0.166. The SMILES string of the molecule is CC(NC(c1ccccc1)C(C)(C)C)c1sccc1Br. The smallest absolute Gasteiger partial charge is 0.0402 e. The van der Waals surface area contributed by atoms with Gasteiger partial charge < -0.3 is 5.32 Å². The van der Waals surface area contributed by atoms with Crippen LogP contribution in [0.3, 0.4) is 0 Å². The van der Waals surface area contributed by atoms with Crippen LogP contribution < -0.4 is 5.32 Å². The molecular formula is C17H22BrNS. The number of hydrogen-bond acceptors (Lipinski definition) is 2. The lowest BCUT2D eigenvalue weighted by atomic mass is 9.82. The highest BCUT2D eigenvalue weighted by Gasteiger charge is 2.28. The van der Waals surface area contributed by atoms with Crippen LogP contribution in [-0.4, -0.2) is 0 Å². The third-order valence-electron chi connectivity index (χ3n) is 3.45. The van der Waals surface area contributed by atoms with Gasteiger partial charge in [-0.1, -0.05) is 51.1 Å². The van der Waals surface area contributed by atoms with E-state index < -0.39 is 0 Å². The molecule has 1 heterocycles. The highest BCUT2D eigenvalue weighted by Crippen LogP contribution is 2.37.